The Labute approximate surface area is 83.1 Å². The minimum absolute atomic E-state index is 0.0454. The molecule has 2 nitrogen and oxygen atoms in total. The average Bonchev–Trinajstić information content (AvgIpc) is 2.15. The van der Waals surface area contributed by atoms with Crippen LogP contribution in [-0.2, 0) is 0 Å². The van der Waals surface area contributed by atoms with Crippen molar-refractivity contribution in [3.8, 4) is 11.8 Å². The molecule has 1 rings (SSSR count). The Morgan fingerprint density at radius 3 is 2.77 bits per heavy atom. The van der Waals surface area contributed by atoms with Crippen LogP contribution in [-0.4, -0.2) is 11.6 Å². The second kappa shape index (κ2) is 4.58. The van der Waals surface area contributed by atoms with Gasteiger partial charge in [0, 0.05) is 11.1 Å². The lowest BCUT2D eigenvalue weighted by molar-refractivity contribution is 1.41. The van der Waals surface area contributed by atoms with Crippen molar-refractivity contribution in [2.45, 2.75) is 0 Å². The molecule has 0 aliphatic carbocycles. The first-order valence-electron chi connectivity index (χ1n) is 3.79. The molecular weight excluding hydrogens is 180 g/mol. The van der Waals surface area contributed by atoms with Crippen LogP contribution in [0.3, 0.4) is 0 Å². The first kappa shape index (κ1) is 9.69. The molecular formula is C10H10N2S. The molecule has 0 unspecified atom stereocenters. The number of amidine groups is 1. The van der Waals surface area contributed by atoms with E-state index in [1.165, 1.54) is 0 Å². The molecule has 0 aliphatic heterocycles. The highest BCUT2D eigenvalue weighted by Crippen LogP contribution is 2.05. The van der Waals surface area contributed by atoms with Crippen LogP contribution >= 0.6 is 12.6 Å². The highest BCUT2D eigenvalue weighted by molar-refractivity contribution is 7.80. The summed E-state index contributed by atoms with van der Waals surface area (Å²) in [4.78, 5) is 0. The maximum absolute atomic E-state index is 7.30. The van der Waals surface area contributed by atoms with E-state index < -0.39 is 0 Å². The van der Waals surface area contributed by atoms with Crippen LogP contribution in [0.1, 0.15) is 11.1 Å². The summed E-state index contributed by atoms with van der Waals surface area (Å²) in [6, 6.07) is 7.33. The lowest BCUT2D eigenvalue weighted by Crippen LogP contribution is -2.12. The number of nitrogens with two attached hydrogens (primary N) is 1. The van der Waals surface area contributed by atoms with Gasteiger partial charge in [0.25, 0.3) is 0 Å². The predicted molar refractivity (Wildman–Crippen MR) is 58.2 cm³/mol. The summed E-state index contributed by atoms with van der Waals surface area (Å²) in [6.45, 7) is 0. The van der Waals surface area contributed by atoms with Gasteiger partial charge in [0.2, 0.25) is 0 Å². The summed E-state index contributed by atoms with van der Waals surface area (Å²) in [6.07, 6.45) is 0. The molecule has 13 heavy (non-hydrogen) atoms. The van der Waals surface area contributed by atoms with Crippen molar-refractivity contribution in [1.82, 2.24) is 0 Å². The van der Waals surface area contributed by atoms with Crippen LogP contribution < -0.4 is 5.73 Å². The van der Waals surface area contributed by atoms with E-state index in [2.05, 4.69) is 24.5 Å². The molecule has 0 fully saturated rings. The summed E-state index contributed by atoms with van der Waals surface area (Å²) < 4.78 is 0. The number of benzene rings is 1. The number of thiol groups is 1. The lowest BCUT2D eigenvalue weighted by atomic mass is 10.1. The molecule has 66 valence electrons. The van der Waals surface area contributed by atoms with Gasteiger partial charge in [-0.3, -0.25) is 5.41 Å². The van der Waals surface area contributed by atoms with E-state index in [4.69, 9.17) is 11.1 Å². The number of rotatable bonds is 1. The first-order chi connectivity index (χ1) is 6.25. The molecule has 1 aromatic carbocycles. The zero-order chi connectivity index (χ0) is 9.68. The van der Waals surface area contributed by atoms with Crippen molar-refractivity contribution in [2.75, 3.05) is 5.75 Å². The molecule has 0 amide bonds. The third kappa shape index (κ3) is 2.53. The number of nitrogen functional groups attached to an aromatic ring is 1. The Bertz CT molecular complexity index is 374. The van der Waals surface area contributed by atoms with Gasteiger partial charge < -0.3 is 5.73 Å². The minimum Gasteiger partial charge on any atom is -0.384 e. The maximum Gasteiger partial charge on any atom is 0.124 e. The molecule has 0 bridgehead atoms. The van der Waals surface area contributed by atoms with Crippen molar-refractivity contribution in [2.24, 2.45) is 5.73 Å². The Morgan fingerprint density at radius 2 is 2.15 bits per heavy atom. The SMILES string of the molecule is N=C(N)c1ccccc1C#CCS. The van der Waals surface area contributed by atoms with Gasteiger partial charge in [0.05, 0.1) is 5.75 Å². The Hall–Kier alpha value is -1.40. The van der Waals surface area contributed by atoms with E-state index in [1.54, 1.807) is 6.07 Å². The predicted octanol–water partition coefficient (Wildman–Crippen LogP) is 1.25. The summed E-state index contributed by atoms with van der Waals surface area (Å²) >= 11 is 3.98. The second-order valence-corrected chi connectivity index (χ2v) is 2.74. The molecule has 0 saturated heterocycles. The lowest BCUT2D eigenvalue weighted by Gasteiger charge is -2.00. The fraction of sp³-hybridized carbons (Fsp3) is 0.100. The number of hydrogen-bond donors (Lipinski definition) is 3. The van der Waals surface area contributed by atoms with Crippen molar-refractivity contribution in [1.29, 1.82) is 5.41 Å². The van der Waals surface area contributed by atoms with E-state index in [9.17, 15) is 0 Å². The van der Waals surface area contributed by atoms with E-state index in [0.29, 0.717) is 11.3 Å². The normalized spacial score (nSPS) is 8.69. The minimum atomic E-state index is 0.0454. The Balaban J connectivity index is 3.12. The van der Waals surface area contributed by atoms with Gasteiger partial charge >= 0.3 is 0 Å². The Kier molecular flexibility index (Phi) is 3.41. The van der Waals surface area contributed by atoms with Crippen LogP contribution in [0.5, 0.6) is 0 Å². The third-order valence-corrected chi connectivity index (χ3v) is 1.68. The van der Waals surface area contributed by atoms with Gasteiger partial charge in [-0.25, -0.2) is 0 Å². The number of hydrogen-bond acceptors (Lipinski definition) is 2. The molecule has 0 saturated carbocycles. The molecule has 0 atom stereocenters. The number of nitrogens with one attached hydrogen (secondary N) is 1. The first-order valence-corrected chi connectivity index (χ1v) is 4.42. The second-order valence-electron chi connectivity index (χ2n) is 2.42. The largest absolute Gasteiger partial charge is 0.384 e. The van der Waals surface area contributed by atoms with E-state index >= 15 is 0 Å². The van der Waals surface area contributed by atoms with Gasteiger partial charge in [0.15, 0.2) is 0 Å². The van der Waals surface area contributed by atoms with Gasteiger partial charge in [-0.05, 0) is 6.07 Å². The van der Waals surface area contributed by atoms with Gasteiger partial charge in [-0.1, -0.05) is 30.0 Å². The van der Waals surface area contributed by atoms with Gasteiger partial charge in [-0.2, -0.15) is 12.6 Å². The van der Waals surface area contributed by atoms with Crippen LogP contribution in [0.25, 0.3) is 0 Å². The molecule has 3 heteroatoms. The zero-order valence-electron chi connectivity index (χ0n) is 7.04. The van der Waals surface area contributed by atoms with Crippen LogP contribution in [0.15, 0.2) is 24.3 Å². The average molecular weight is 190 g/mol. The van der Waals surface area contributed by atoms with Gasteiger partial charge in [0.1, 0.15) is 5.84 Å². The highest BCUT2D eigenvalue weighted by atomic mass is 32.1. The summed E-state index contributed by atoms with van der Waals surface area (Å²) in [5, 5.41) is 7.30. The zero-order valence-corrected chi connectivity index (χ0v) is 7.94. The quantitative estimate of drug-likeness (QED) is 0.265. The van der Waals surface area contributed by atoms with Gasteiger partial charge in [-0.15, -0.1) is 0 Å². The van der Waals surface area contributed by atoms with Crippen molar-refractivity contribution < 1.29 is 0 Å². The smallest absolute Gasteiger partial charge is 0.124 e. The monoisotopic (exact) mass is 190 g/mol. The molecule has 3 N–H and O–H groups in total. The van der Waals surface area contributed by atoms with E-state index in [-0.39, 0.29) is 5.84 Å². The van der Waals surface area contributed by atoms with Crippen LogP contribution in [0.2, 0.25) is 0 Å². The fourth-order valence-corrected chi connectivity index (χ4v) is 1.04. The Morgan fingerprint density at radius 1 is 1.46 bits per heavy atom. The molecule has 0 aromatic heterocycles. The highest BCUT2D eigenvalue weighted by Gasteiger charge is 2.00. The molecule has 0 heterocycles. The topological polar surface area (TPSA) is 49.9 Å². The van der Waals surface area contributed by atoms with Crippen molar-refractivity contribution in [3.63, 3.8) is 0 Å². The fourth-order valence-electron chi connectivity index (χ4n) is 0.962. The van der Waals surface area contributed by atoms with Crippen LogP contribution in [0.4, 0.5) is 0 Å². The molecule has 0 spiro atoms. The molecule has 0 radical (unpaired) electrons. The van der Waals surface area contributed by atoms with E-state index in [1.807, 2.05) is 18.2 Å². The third-order valence-electron chi connectivity index (χ3n) is 1.52. The van der Waals surface area contributed by atoms with Crippen LogP contribution in [0, 0.1) is 17.3 Å². The molecule has 1 aromatic rings. The standard InChI is InChI=1S/C10H10N2S/c11-10(12)9-6-2-1-4-8(9)5-3-7-13/h1-2,4,6,13H,7H2,(H3,11,12). The maximum atomic E-state index is 7.30. The summed E-state index contributed by atoms with van der Waals surface area (Å²) in [5.74, 6) is 6.27. The summed E-state index contributed by atoms with van der Waals surface area (Å²) in [5.41, 5.74) is 6.84. The summed E-state index contributed by atoms with van der Waals surface area (Å²) in [7, 11) is 0. The molecule has 0 aliphatic rings. The van der Waals surface area contributed by atoms with Crippen molar-refractivity contribution >= 4 is 18.5 Å². The van der Waals surface area contributed by atoms with Crippen molar-refractivity contribution in [3.05, 3.63) is 35.4 Å². The van der Waals surface area contributed by atoms with E-state index in [0.717, 1.165) is 5.56 Å².